The number of nitrogens with zero attached hydrogens (tertiary/aromatic N) is 4. The highest BCUT2D eigenvalue weighted by Crippen LogP contribution is 2.56. The summed E-state index contributed by atoms with van der Waals surface area (Å²) < 4.78 is 14.3. The van der Waals surface area contributed by atoms with Crippen LogP contribution in [0.3, 0.4) is 0 Å². The van der Waals surface area contributed by atoms with Crippen molar-refractivity contribution in [3.8, 4) is 0 Å². The lowest BCUT2D eigenvalue weighted by Gasteiger charge is -2.39. The maximum absolute atomic E-state index is 14.8. The minimum Gasteiger partial charge on any atom is -0.481 e. The van der Waals surface area contributed by atoms with Crippen molar-refractivity contribution in [2.45, 2.75) is 80.1 Å². The van der Waals surface area contributed by atoms with E-state index in [4.69, 9.17) is 4.74 Å². The van der Waals surface area contributed by atoms with Gasteiger partial charge in [0, 0.05) is 35.9 Å². The molecule has 4 N–H and O–H groups in total. The molecule has 14 heteroatoms. The summed E-state index contributed by atoms with van der Waals surface area (Å²) in [5, 5.41) is 14.4. The van der Waals surface area contributed by atoms with Gasteiger partial charge in [-0.3, -0.25) is 24.6 Å². The molecule has 9 rings (SSSR count). The number of benzene rings is 1. The number of hydrogen-bond acceptors (Lipinski definition) is 6. The van der Waals surface area contributed by atoms with Gasteiger partial charge >= 0.3 is 23.9 Å². The van der Waals surface area contributed by atoms with Crippen molar-refractivity contribution < 1.29 is 43.0 Å². The summed E-state index contributed by atoms with van der Waals surface area (Å²) in [6, 6.07) is 6.64. The Bertz CT molecular complexity index is 2760. The van der Waals surface area contributed by atoms with Crippen molar-refractivity contribution in [3.63, 3.8) is 0 Å². The summed E-state index contributed by atoms with van der Waals surface area (Å²) in [5.41, 5.74) is 14.5. The first-order valence-electron chi connectivity index (χ1n) is 19.9. The van der Waals surface area contributed by atoms with E-state index in [1.54, 1.807) is 13.0 Å². The van der Waals surface area contributed by atoms with Gasteiger partial charge in [0.1, 0.15) is 0 Å². The Morgan fingerprint density at radius 3 is 2.28 bits per heavy atom. The monoisotopic (exact) mass is 785 g/mol. The molecule has 1 aromatic carbocycles. The number of aliphatic carboxylic acids is 1. The number of esters is 1. The summed E-state index contributed by atoms with van der Waals surface area (Å²) in [7, 11) is 1.32. The van der Waals surface area contributed by atoms with Crippen LogP contribution in [0.25, 0.3) is 23.8 Å². The van der Waals surface area contributed by atoms with Crippen molar-refractivity contribution in [2.24, 2.45) is 23.7 Å². The van der Waals surface area contributed by atoms with Crippen LogP contribution in [0, 0.1) is 44.4 Å². The molecule has 6 aliphatic rings. The van der Waals surface area contributed by atoms with E-state index >= 15 is 0 Å². The third-order valence-electron chi connectivity index (χ3n) is 13.3. The summed E-state index contributed by atoms with van der Waals surface area (Å²) in [4.78, 5) is 67.5. The zero-order valence-corrected chi connectivity index (χ0v) is 33.9. The number of rotatable bonds is 9. The van der Waals surface area contributed by atoms with E-state index in [9.17, 15) is 29.1 Å². The molecule has 0 saturated carbocycles. The number of allylic oxidation sites excluding steroid dienone is 2. The molecule has 3 aromatic rings. The number of nitrogens with one attached hydrogen (secondary N) is 3. The van der Waals surface area contributed by atoms with Crippen LogP contribution < -0.4 is 26.9 Å². The second-order valence-electron chi connectivity index (χ2n) is 16.4. The quantitative estimate of drug-likeness (QED) is 0.110. The maximum Gasteiger partial charge on any atom is 0.552 e. The van der Waals surface area contributed by atoms with Gasteiger partial charge < -0.3 is 15.2 Å². The number of hydrazine groups is 1. The van der Waals surface area contributed by atoms with Gasteiger partial charge in [0.15, 0.2) is 22.9 Å². The van der Waals surface area contributed by atoms with E-state index in [0.717, 1.165) is 56.8 Å². The Morgan fingerprint density at radius 2 is 1.60 bits per heavy atom. The maximum atomic E-state index is 14.8. The van der Waals surface area contributed by atoms with Gasteiger partial charge in [-0.2, -0.15) is 9.13 Å². The number of amides is 3. The number of carbonyl (C=O) groups is 5. The van der Waals surface area contributed by atoms with Gasteiger partial charge in [0.05, 0.1) is 70.4 Å². The first kappa shape index (κ1) is 37.3. The van der Waals surface area contributed by atoms with Crippen LogP contribution in [-0.2, 0) is 20.2 Å². The molecule has 0 aliphatic carbocycles. The highest BCUT2D eigenvalue weighted by Gasteiger charge is 2.76. The molecular weight excluding hydrogens is 739 g/mol. The lowest BCUT2D eigenvalue weighted by atomic mass is 9.83. The van der Waals surface area contributed by atoms with Crippen molar-refractivity contribution >= 4 is 70.6 Å². The fraction of sp³-hybridized carbons (Fsp3) is 0.386. The zero-order valence-electron chi connectivity index (χ0n) is 33.9. The second kappa shape index (κ2) is 12.9. The molecule has 0 unspecified atom stereocenters. The van der Waals surface area contributed by atoms with Gasteiger partial charge in [0.2, 0.25) is 5.70 Å². The second-order valence-corrected chi connectivity index (χ2v) is 16.4. The molecule has 5 atom stereocenters. The van der Waals surface area contributed by atoms with E-state index in [-0.39, 0.29) is 54.3 Å². The molecule has 1 spiro atoms. The summed E-state index contributed by atoms with van der Waals surface area (Å²) >= 11 is 0. The largest absolute Gasteiger partial charge is 0.552 e. The molecule has 0 radical (unpaired) electrons. The van der Waals surface area contributed by atoms with Crippen molar-refractivity contribution in [3.05, 3.63) is 85.6 Å². The van der Waals surface area contributed by atoms with Crippen LogP contribution >= 0.6 is 0 Å². The summed E-state index contributed by atoms with van der Waals surface area (Å²) in [6.45, 7) is 13.8. The number of carboxylic acids is 1. The number of hydrogen-bond donors (Lipinski definition) is 4. The fourth-order valence-corrected chi connectivity index (χ4v) is 10.9. The van der Waals surface area contributed by atoms with Crippen LogP contribution in [0.4, 0.5) is 10.5 Å². The van der Waals surface area contributed by atoms with Gasteiger partial charge in [0.25, 0.3) is 5.91 Å². The third kappa shape index (κ3) is 4.74. The Kier molecular flexibility index (Phi) is 8.26. The predicted molar refractivity (Wildman–Crippen MR) is 215 cm³/mol. The minimum atomic E-state index is -1.26. The normalized spacial score (nSPS) is 23.8. The van der Waals surface area contributed by atoms with Crippen molar-refractivity contribution in [1.82, 2.24) is 20.0 Å². The SMILES string of the molecule is CC[C@H]1C2=Cc3c(C)c(C(=O)NNC(=O)Nc4cccc(C)c4)c4n3[C@@]35n6c(c(C)c(C(C)=O)c6=CC(=[N+]23)[C@@H]1C)=CC1=[N+]5C(=C4CC(=O)OC)[C@@H](CCC(=O)O)[C@@H]1C. The molecular formula is C44H47N7O7+2. The number of aromatic nitrogens is 2. The number of carbonyl (C=O) groups excluding carboxylic acids is 4. The lowest BCUT2D eigenvalue weighted by molar-refractivity contribution is -0.838. The van der Waals surface area contributed by atoms with Gasteiger partial charge in [-0.05, 0) is 69.4 Å². The average molecular weight is 786 g/mol. The van der Waals surface area contributed by atoms with Crippen molar-refractivity contribution in [1.29, 1.82) is 0 Å². The topological polar surface area (TPSA) is 167 Å². The number of anilines is 1. The van der Waals surface area contributed by atoms with Crippen molar-refractivity contribution in [2.75, 3.05) is 12.4 Å². The number of ketones is 1. The first-order valence-corrected chi connectivity index (χ1v) is 19.9. The molecule has 298 valence electrons. The number of ether oxygens (including phenoxy) is 1. The van der Waals surface area contributed by atoms with Crippen LogP contribution in [-0.4, -0.2) is 71.6 Å². The highest BCUT2D eigenvalue weighted by atomic mass is 16.5. The minimum absolute atomic E-state index is 0.0613. The standard InChI is InChI=1S/C44H45N7O7/c1-9-27-21(3)30-19-35-38(25(7)52)23(5)32-17-31-22(4)28(13-14-36(53)54)40-29(16-37(55)58-8)41-39(42(56)46-47-43(57)45-26-12-10-11-20(2)15-26)24(6)33-18-34(27)48(30)44(49(32)35,50(31)40)51(33)41/h10-12,15,17-19,21-22,27-28H,9,13-14,16H2,1-8H3,(H2,45,53,54,57)/p+2/t21-,22+,27-,28+,44-/m1/s1. The number of urea groups is 1. The van der Waals surface area contributed by atoms with Crippen LogP contribution in [0.5, 0.6) is 0 Å². The van der Waals surface area contributed by atoms with E-state index in [1.165, 1.54) is 7.11 Å². The average Bonchev–Trinajstić information content (AvgIpc) is 3.84. The van der Waals surface area contributed by atoms with E-state index in [0.29, 0.717) is 28.1 Å². The third-order valence-corrected chi connectivity index (χ3v) is 13.3. The zero-order chi connectivity index (χ0) is 41.3. The molecule has 0 bridgehead atoms. The number of Topliss-reactive ketones (excluding diaryl/α,β-unsaturated/α-hetero) is 1. The Hall–Kier alpha value is -6.31. The fourth-order valence-electron chi connectivity index (χ4n) is 10.9. The smallest absolute Gasteiger partial charge is 0.481 e. The predicted octanol–water partition coefficient (Wildman–Crippen LogP) is 3.94. The van der Waals surface area contributed by atoms with Crippen LogP contribution in [0.15, 0.2) is 35.7 Å². The Labute approximate surface area is 334 Å². The van der Waals surface area contributed by atoms with Gasteiger partial charge in [-0.25, -0.2) is 10.2 Å². The Balaban J connectivity index is 1.37. The van der Waals surface area contributed by atoms with E-state index in [2.05, 4.69) is 73.5 Å². The number of methoxy groups -OCH3 is 1. The molecule has 6 aliphatic heterocycles. The molecule has 2 aromatic heterocycles. The van der Waals surface area contributed by atoms with E-state index in [1.807, 2.05) is 39.0 Å². The molecule has 3 amide bonds. The molecule has 0 fully saturated rings. The molecule has 58 heavy (non-hydrogen) atoms. The molecule has 14 nitrogen and oxygen atoms in total. The Morgan fingerprint density at radius 1 is 0.897 bits per heavy atom. The highest BCUT2D eigenvalue weighted by molar-refractivity contribution is 6.14. The summed E-state index contributed by atoms with van der Waals surface area (Å²) in [6.07, 6.45) is 7.20. The number of aryl methyl sites for hydroxylation is 1. The lowest BCUT2D eigenvalue weighted by Crippen LogP contribution is -2.70. The van der Waals surface area contributed by atoms with Gasteiger partial charge in [-0.1, -0.05) is 42.1 Å². The van der Waals surface area contributed by atoms with Crippen LogP contribution in [0.1, 0.15) is 102 Å². The van der Waals surface area contributed by atoms with Gasteiger partial charge in [-0.15, -0.1) is 0 Å². The summed E-state index contributed by atoms with van der Waals surface area (Å²) in [5.74, 6) is -3.82. The van der Waals surface area contributed by atoms with Crippen LogP contribution in [0.2, 0.25) is 0 Å². The molecule has 8 heterocycles. The number of carboxylic acid groups (broad SMARTS) is 1. The first-order chi connectivity index (χ1) is 27.7. The van der Waals surface area contributed by atoms with E-state index < -0.39 is 29.8 Å². The molecule has 0 saturated heterocycles.